The second-order valence-corrected chi connectivity index (χ2v) is 7.90. The Morgan fingerprint density at radius 3 is 1.54 bits per heavy atom. The summed E-state index contributed by atoms with van der Waals surface area (Å²) < 4.78 is 18.6. The van der Waals surface area contributed by atoms with E-state index in [0.29, 0.717) is 0 Å². The van der Waals surface area contributed by atoms with E-state index in [9.17, 15) is 0 Å². The van der Waals surface area contributed by atoms with E-state index in [0.717, 1.165) is 22.8 Å². The van der Waals surface area contributed by atoms with E-state index in [1.165, 1.54) is 0 Å². The molecule has 124 valence electrons. The maximum atomic E-state index is 6.24. The van der Waals surface area contributed by atoms with Crippen LogP contribution in [0.2, 0.25) is 0 Å². The van der Waals surface area contributed by atoms with Crippen LogP contribution < -0.4 is 13.6 Å². The molecule has 0 aliphatic rings. The van der Waals surface area contributed by atoms with E-state index in [4.69, 9.17) is 13.6 Å². The second kappa shape index (κ2) is 7.37. The molecule has 0 spiro atoms. The van der Waals surface area contributed by atoms with Crippen LogP contribution in [-0.4, -0.2) is 6.66 Å². The summed E-state index contributed by atoms with van der Waals surface area (Å²) in [5.41, 5.74) is 1.05. The van der Waals surface area contributed by atoms with Crippen LogP contribution in [0.4, 0.5) is 0 Å². The van der Waals surface area contributed by atoms with Crippen LogP contribution in [0.3, 0.4) is 0 Å². The number of para-hydroxylation sites is 3. The Balaban J connectivity index is 1.89. The number of hydrogen-bond acceptors (Lipinski definition) is 3. The average molecular weight is 340 g/mol. The molecular formula is C20H21O3P. The number of aryl methyl sites for hydroxylation is 1. The Labute approximate surface area is 143 Å². The van der Waals surface area contributed by atoms with Crippen LogP contribution in [0.15, 0.2) is 84.9 Å². The molecule has 0 atom stereocenters. The first-order valence-corrected chi connectivity index (χ1v) is 10.1. The number of benzene rings is 3. The molecule has 3 rings (SSSR count). The van der Waals surface area contributed by atoms with Gasteiger partial charge in [0.1, 0.15) is 0 Å². The van der Waals surface area contributed by atoms with Crippen molar-refractivity contribution in [2.24, 2.45) is 0 Å². The first kappa shape index (κ1) is 16.4. The predicted octanol–water partition coefficient (Wildman–Crippen LogP) is 5.66. The van der Waals surface area contributed by atoms with Crippen molar-refractivity contribution in [1.29, 1.82) is 0 Å². The van der Waals surface area contributed by atoms with Crippen molar-refractivity contribution in [3.63, 3.8) is 0 Å². The van der Waals surface area contributed by atoms with E-state index >= 15 is 0 Å². The van der Waals surface area contributed by atoms with Crippen molar-refractivity contribution in [1.82, 2.24) is 0 Å². The van der Waals surface area contributed by atoms with Gasteiger partial charge in [-0.3, -0.25) is 0 Å². The molecule has 0 N–H and O–H groups in total. The average Bonchev–Trinajstić information content (AvgIpc) is 2.58. The minimum absolute atomic E-state index is 0.733. The zero-order valence-corrected chi connectivity index (χ0v) is 14.8. The Morgan fingerprint density at radius 1 is 0.583 bits per heavy atom. The van der Waals surface area contributed by atoms with Gasteiger partial charge in [-0.05, 0) is 0 Å². The molecule has 24 heavy (non-hydrogen) atoms. The van der Waals surface area contributed by atoms with Crippen molar-refractivity contribution >= 4 is 7.94 Å². The van der Waals surface area contributed by atoms with Crippen LogP contribution >= 0.6 is 7.94 Å². The van der Waals surface area contributed by atoms with E-state index < -0.39 is 7.94 Å². The van der Waals surface area contributed by atoms with Crippen LogP contribution in [0.1, 0.15) is 5.56 Å². The maximum absolute atomic E-state index is 6.24. The molecule has 0 saturated heterocycles. The van der Waals surface area contributed by atoms with Crippen LogP contribution in [-0.2, 0) is 0 Å². The summed E-state index contributed by atoms with van der Waals surface area (Å²) in [6.07, 6.45) is 0. The van der Waals surface area contributed by atoms with E-state index in [2.05, 4.69) is 0 Å². The molecule has 3 aromatic rings. The third kappa shape index (κ3) is 4.27. The molecular weight excluding hydrogens is 319 g/mol. The first-order valence-electron chi connectivity index (χ1n) is 7.87. The normalized spacial score (nSPS) is 11.6. The fraction of sp³-hybridized carbons (Fsp3) is 0.100. The molecule has 0 heterocycles. The summed E-state index contributed by atoms with van der Waals surface area (Å²) in [6, 6.07) is 27.1. The van der Waals surface area contributed by atoms with Gasteiger partial charge in [-0.25, -0.2) is 0 Å². The molecule has 0 bridgehead atoms. The monoisotopic (exact) mass is 340 g/mol. The first-order chi connectivity index (χ1) is 11.6. The van der Waals surface area contributed by atoms with Gasteiger partial charge in [0.25, 0.3) is 0 Å². The van der Waals surface area contributed by atoms with Gasteiger partial charge in [0, 0.05) is 0 Å². The third-order valence-corrected chi connectivity index (χ3v) is 5.29. The van der Waals surface area contributed by atoms with Crippen molar-refractivity contribution < 1.29 is 13.6 Å². The van der Waals surface area contributed by atoms with Crippen molar-refractivity contribution in [3.05, 3.63) is 90.5 Å². The van der Waals surface area contributed by atoms with Gasteiger partial charge in [-0.15, -0.1) is 0 Å². The zero-order chi connectivity index (χ0) is 16.8. The fourth-order valence-electron chi connectivity index (χ4n) is 2.34. The van der Waals surface area contributed by atoms with Gasteiger partial charge in [0.15, 0.2) is 0 Å². The molecule has 0 saturated carbocycles. The zero-order valence-electron chi connectivity index (χ0n) is 13.8. The standard InChI is InChI=1S/C20H21O3P/c1-17-11-9-10-16-20(17)23-24(2,21-18-12-5-3-6-13-18)22-19-14-7-4-8-15-19/h3-16,24H,1-2H3. The van der Waals surface area contributed by atoms with Gasteiger partial charge >= 0.3 is 143 Å². The number of hydrogen-bond donors (Lipinski definition) is 0. The summed E-state index contributed by atoms with van der Waals surface area (Å²) in [5.74, 6) is 2.24. The third-order valence-electron chi connectivity index (χ3n) is 3.48. The molecule has 3 nitrogen and oxygen atoms in total. The Kier molecular flexibility index (Phi) is 5.02. The molecule has 0 radical (unpaired) electrons. The van der Waals surface area contributed by atoms with E-state index in [1.54, 1.807) is 0 Å². The quantitative estimate of drug-likeness (QED) is 0.542. The Bertz CT molecular complexity index is 734. The summed E-state index contributed by atoms with van der Waals surface area (Å²) in [6.45, 7) is 3.91. The van der Waals surface area contributed by atoms with Gasteiger partial charge in [-0.1, -0.05) is 0 Å². The van der Waals surface area contributed by atoms with Crippen LogP contribution in [0.25, 0.3) is 0 Å². The van der Waals surface area contributed by atoms with E-state index in [-0.39, 0.29) is 0 Å². The van der Waals surface area contributed by atoms with Crippen molar-refractivity contribution in [3.8, 4) is 17.2 Å². The summed E-state index contributed by atoms with van der Waals surface area (Å²) >= 11 is 0. The summed E-state index contributed by atoms with van der Waals surface area (Å²) in [4.78, 5) is 0. The van der Waals surface area contributed by atoms with E-state index in [1.807, 2.05) is 98.5 Å². The predicted molar refractivity (Wildman–Crippen MR) is 100 cm³/mol. The molecule has 0 aliphatic carbocycles. The molecule has 0 aliphatic heterocycles. The minimum atomic E-state index is -3.00. The Hall–Kier alpha value is -2.51. The van der Waals surface area contributed by atoms with Crippen LogP contribution in [0.5, 0.6) is 17.2 Å². The molecule has 0 fully saturated rings. The van der Waals surface area contributed by atoms with Crippen LogP contribution in [0, 0.1) is 6.92 Å². The van der Waals surface area contributed by atoms with Gasteiger partial charge in [0.05, 0.1) is 0 Å². The Morgan fingerprint density at radius 2 is 1.04 bits per heavy atom. The number of rotatable bonds is 6. The summed E-state index contributed by atoms with van der Waals surface area (Å²) in [7, 11) is -3.00. The fourth-order valence-corrected chi connectivity index (χ4v) is 4.22. The van der Waals surface area contributed by atoms with Gasteiger partial charge in [0.2, 0.25) is 0 Å². The summed E-state index contributed by atoms with van der Waals surface area (Å²) in [5, 5.41) is 0. The van der Waals surface area contributed by atoms with Crippen molar-refractivity contribution in [2.45, 2.75) is 6.92 Å². The second-order valence-electron chi connectivity index (χ2n) is 5.56. The molecule has 0 amide bonds. The van der Waals surface area contributed by atoms with Gasteiger partial charge in [-0.2, -0.15) is 0 Å². The molecule has 3 aromatic carbocycles. The van der Waals surface area contributed by atoms with Gasteiger partial charge < -0.3 is 0 Å². The topological polar surface area (TPSA) is 27.7 Å². The molecule has 4 heteroatoms. The molecule has 0 aromatic heterocycles. The molecule has 0 unspecified atom stereocenters. The van der Waals surface area contributed by atoms with Crippen molar-refractivity contribution in [2.75, 3.05) is 6.66 Å². The SMILES string of the molecule is Cc1ccccc1O[PH](C)(Oc1ccccc1)Oc1ccccc1.